The summed E-state index contributed by atoms with van der Waals surface area (Å²) in [5.74, 6) is 0. The standard InChI is InChI=1S/C21H21Cl2N3O2S/c1-14-12-21(18(23)13-17(14)22)29(27,28)25-19-6-7-20(26-10-8-24-9-11-26)16-5-3-2-4-15(16)19/h2-7,12-13,24-25H,8-11H2,1H3. The first-order valence-corrected chi connectivity index (χ1v) is 11.6. The van der Waals surface area contributed by atoms with Crippen molar-refractivity contribution in [1.29, 1.82) is 0 Å². The Morgan fingerprint density at radius 2 is 1.66 bits per heavy atom. The molecule has 5 nitrogen and oxygen atoms in total. The van der Waals surface area contributed by atoms with E-state index in [9.17, 15) is 8.42 Å². The van der Waals surface area contributed by atoms with Crippen LogP contribution in [0.4, 0.5) is 11.4 Å². The normalized spacial score (nSPS) is 14.9. The van der Waals surface area contributed by atoms with Crippen molar-refractivity contribution in [1.82, 2.24) is 5.32 Å². The van der Waals surface area contributed by atoms with E-state index in [4.69, 9.17) is 23.2 Å². The van der Waals surface area contributed by atoms with Gasteiger partial charge in [-0.05, 0) is 36.8 Å². The zero-order valence-electron chi connectivity index (χ0n) is 15.9. The lowest BCUT2D eigenvalue weighted by molar-refractivity contribution is 0.590. The summed E-state index contributed by atoms with van der Waals surface area (Å²) in [5.41, 5.74) is 2.27. The fraction of sp³-hybridized carbons (Fsp3) is 0.238. The molecule has 29 heavy (non-hydrogen) atoms. The highest BCUT2D eigenvalue weighted by molar-refractivity contribution is 7.92. The summed E-state index contributed by atoms with van der Waals surface area (Å²) in [7, 11) is -3.88. The monoisotopic (exact) mass is 449 g/mol. The highest BCUT2D eigenvalue weighted by atomic mass is 35.5. The number of sulfonamides is 1. The average molecular weight is 450 g/mol. The van der Waals surface area contributed by atoms with E-state index in [2.05, 4.69) is 14.9 Å². The Morgan fingerprint density at radius 3 is 2.38 bits per heavy atom. The van der Waals surface area contributed by atoms with Gasteiger partial charge in [0, 0.05) is 47.7 Å². The molecular formula is C21H21Cl2N3O2S. The van der Waals surface area contributed by atoms with Crippen LogP contribution >= 0.6 is 23.2 Å². The molecule has 1 fully saturated rings. The smallest absolute Gasteiger partial charge is 0.263 e. The van der Waals surface area contributed by atoms with E-state index >= 15 is 0 Å². The lowest BCUT2D eigenvalue weighted by Crippen LogP contribution is -2.43. The number of hydrogen-bond acceptors (Lipinski definition) is 4. The molecule has 4 rings (SSSR count). The molecule has 0 spiro atoms. The number of hydrogen-bond donors (Lipinski definition) is 2. The van der Waals surface area contributed by atoms with E-state index in [1.54, 1.807) is 6.92 Å². The first-order valence-electron chi connectivity index (χ1n) is 9.33. The molecule has 152 valence electrons. The predicted molar refractivity (Wildman–Crippen MR) is 121 cm³/mol. The van der Waals surface area contributed by atoms with Crippen molar-refractivity contribution in [2.75, 3.05) is 35.8 Å². The number of benzene rings is 3. The van der Waals surface area contributed by atoms with Crippen LogP contribution in [0.25, 0.3) is 10.8 Å². The molecule has 0 radical (unpaired) electrons. The van der Waals surface area contributed by atoms with Crippen molar-refractivity contribution < 1.29 is 8.42 Å². The Bertz CT molecular complexity index is 1180. The summed E-state index contributed by atoms with van der Waals surface area (Å²) < 4.78 is 28.8. The molecule has 1 aliphatic rings. The molecule has 1 saturated heterocycles. The maximum Gasteiger partial charge on any atom is 0.263 e. The van der Waals surface area contributed by atoms with Gasteiger partial charge in [0.25, 0.3) is 10.0 Å². The van der Waals surface area contributed by atoms with E-state index in [0.29, 0.717) is 16.3 Å². The van der Waals surface area contributed by atoms with Crippen molar-refractivity contribution in [2.24, 2.45) is 0 Å². The maximum atomic E-state index is 13.1. The van der Waals surface area contributed by atoms with Crippen LogP contribution in [0.2, 0.25) is 10.0 Å². The lowest BCUT2D eigenvalue weighted by atomic mass is 10.1. The van der Waals surface area contributed by atoms with Gasteiger partial charge in [-0.3, -0.25) is 4.72 Å². The third kappa shape index (κ3) is 4.03. The van der Waals surface area contributed by atoms with Gasteiger partial charge < -0.3 is 10.2 Å². The molecule has 2 N–H and O–H groups in total. The van der Waals surface area contributed by atoms with E-state index in [1.165, 1.54) is 12.1 Å². The quantitative estimate of drug-likeness (QED) is 0.607. The zero-order chi connectivity index (χ0) is 20.6. The van der Waals surface area contributed by atoms with Gasteiger partial charge in [0.15, 0.2) is 0 Å². The highest BCUT2D eigenvalue weighted by Crippen LogP contribution is 2.35. The molecule has 1 heterocycles. The zero-order valence-corrected chi connectivity index (χ0v) is 18.2. The summed E-state index contributed by atoms with van der Waals surface area (Å²) in [5, 5.41) is 5.72. The molecule has 8 heteroatoms. The highest BCUT2D eigenvalue weighted by Gasteiger charge is 2.22. The molecule has 0 atom stereocenters. The van der Waals surface area contributed by atoms with Crippen molar-refractivity contribution in [3.05, 3.63) is 64.1 Å². The molecule has 0 bridgehead atoms. The van der Waals surface area contributed by atoms with Crippen LogP contribution in [0.3, 0.4) is 0 Å². The molecule has 3 aromatic carbocycles. The Kier molecular flexibility index (Phi) is 5.62. The van der Waals surface area contributed by atoms with Crippen LogP contribution in [0, 0.1) is 6.92 Å². The van der Waals surface area contributed by atoms with Gasteiger partial charge in [0.05, 0.1) is 10.7 Å². The maximum absolute atomic E-state index is 13.1. The Labute approximate surface area is 180 Å². The number of piperazine rings is 1. The summed E-state index contributed by atoms with van der Waals surface area (Å²) in [4.78, 5) is 2.33. The van der Waals surface area contributed by atoms with Crippen molar-refractivity contribution in [2.45, 2.75) is 11.8 Å². The first kappa shape index (κ1) is 20.3. The topological polar surface area (TPSA) is 61.4 Å². The molecule has 1 aliphatic heterocycles. The molecule has 0 unspecified atom stereocenters. The van der Waals surface area contributed by atoms with E-state index in [0.717, 1.165) is 42.6 Å². The van der Waals surface area contributed by atoms with Crippen molar-refractivity contribution >= 4 is 55.4 Å². The van der Waals surface area contributed by atoms with Gasteiger partial charge in [0.1, 0.15) is 4.90 Å². The van der Waals surface area contributed by atoms with Crippen molar-refractivity contribution in [3.8, 4) is 0 Å². The van der Waals surface area contributed by atoms with Crippen LogP contribution in [0.1, 0.15) is 5.56 Å². The molecule has 0 aliphatic carbocycles. The second kappa shape index (κ2) is 8.03. The third-order valence-electron chi connectivity index (χ3n) is 5.11. The fourth-order valence-corrected chi connectivity index (χ4v) is 5.50. The summed E-state index contributed by atoms with van der Waals surface area (Å²) in [6.07, 6.45) is 0. The second-order valence-corrected chi connectivity index (χ2v) is 9.52. The molecule has 3 aromatic rings. The van der Waals surface area contributed by atoms with Crippen LogP contribution in [0.5, 0.6) is 0 Å². The number of nitrogens with zero attached hydrogens (tertiary/aromatic N) is 1. The van der Waals surface area contributed by atoms with E-state index < -0.39 is 10.0 Å². The van der Waals surface area contributed by atoms with Gasteiger partial charge in [-0.1, -0.05) is 47.5 Å². The van der Waals surface area contributed by atoms with E-state index in [-0.39, 0.29) is 9.92 Å². The van der Waals surface area contributed by atoms with Crippen LogP contribution in [-0.2, 0) is 10.0 Å². The minimum atomic E-state index is -3.88. The number of aryl methyl sites for hydroxylation is 1. The number of fused-ring (bicyclic) bond motifs is 1. The largest absolute Gasteiger partial charge is 0.368 e. The SMILES string of the molecule is Cc1cc(S(=O)(=O)Nc2ccc(N3CCNCC3)c3ccccc23)c(Cl)cc1Cl. The number of rotatable bonds is 4. The summed E-state index contributed by atoms with van der Waals surface area (Å²) >= 11 is 12.2. The number of halogens is 2. The average Bonchev–Trinajstić information content (AvgIpc) is 2.71. The van der Waals surface area contributed by atoms with Gasteiger partial charge in [-0.15, -0.1) is 0 Å². The molecule has 0 aromatic heterocycles. The lowest BCUT2D eigenvalue weighted by Gasteiger charge is -2.30. The third-order valence-corrected chi connectivity index (χ3v) is 7.34. The Morgan fingerprint density at radius 1 is 0.966 bits per heavy atom. The number of anilines is 2. The molecule has 0 saturated carbocycles. The van der Waals surface area contributed by atoms with Crippen molar-refractivity contribution in [3.63, 3.8) is 0 Å². The molecular weight excluding hydrogens is 429 g/mol. The summed E-state index contributed by atoms with van der Waals surface area (Å²) in [6.45, 7) is 5.42. The number of nitrogens with one attached hydrogen (secondary N) is 2. The summed E-state index contributed by atoms with van der Waals surface area (Å²) in [6, 6.07) is 14.5. The van der Waals surface area contributed by atoms with Gasteiger partial charge in [0.2, 0.25) is 0 Å². The van der Waals surface area contributed by atoms with Crippen LogP contribution in [-0.4, -0.2) is 34.6 Å². The molecule has 0 amide bonds. The second-order valence-electron chi connectivity index (χ2n) is 7.05. The first-order chi connectivity index (χ1) is 13.9. The Balaban J connectivity index is 1.76. The van der Waals surface area contributed by atoms with Gasteiger partial charge in [-0.25, -0.2) is 8.42 Å². The minimum Gasteiger partial charge on any atom is -0.368 e. The van der Waals surface area contributed by atoms with E-state index in [1.807, 2.05) is 36.4 Å². The van der Waals surface area contributed by atoms with Gasteiger partial charge in [-0.2, -0.15) is 0 Å². The van der Waals surface area contributed by atoms with Crippen LogP contribution < -0.4 is 14.9 Å². The van der Waals surface area contributed by atoms with Gasteiger partial charge >= 0.3 is 0 Å². The predicted octanol–water partition coefficient (Wildman–Crippen LogP) is 4.67. The minimum absolute atomic E-state index is 0.0105. The van der Waals surface area contributed by atoms with Crippen LogP contribution in [0.15, 0.2) is 53.4 Å². The fourth-order valence-electron chi connectivity index (χ4n) is 3.59. The Hall–Kier alpha value is -1.99.